The third-order valence-corrected chi connectivity index (χ3v) is 6.67. The van der Waals surface area contributed by atoms with Crippen molar-refractivity contribution in [1.82, 2.24) is 4.90 Å². The van der Waals surface area contributed by atoms with E-state index in [0.29, 0.717) is 0 Å². The molecule has 0 saturated carbocycles. The molecule has 0 bridgehead atoms. The molecule has 4 aromatic rings. The molecule has 1 saturated heterocycles. The Bertz CT molecular complexity index is 1180. The summed E-state index contributed by atoms with van der Waals surface area (Å²) in [6.07, 6.45) is 2.63. The van der Waals surface area contributed by atoms with Gasteiger partial charge in [-0.15, -0.1) is 12.4 Å². The van der Waals surface area contributed by atoms with E-state index in [9.17, 15) is 0 Å². The van der Waals surface area contributed by atoms with Gasteiger partial charge < -0.3 is 9.47 Å². The summed E-state index contributed by atoms with van der Waals surface area (Å²) in [5.41, 5.74) is 3.80. The van der Waals surface area contributed by atoms with Gasteiger partial charge in [0.25, 0.3) is 0 Å². The van der Waals surface area contributed by atoms with Gasteiger partial charge in [0.05, 0.1) is 7.11 Å². The number of nitrogens with zero attached hydrogens (tertiary/aromatic N) is 1. The van der Waals surface area contributed by atoms with Crippen LogP contribution < -0.4 is 9.47 Å². The van der Waals surface area contributed by atoms with E-state index in [4.69, 9.17) is 9.47 Å². The number of likely N-dealkylation sites (tertiary alicyclic amines) is 1. The molecule has 0 amide bonds. The molecule has 34 heavy (non-hydrogen) atoms. The predicted octanol–water partition coefficient (Wildman–Crippen LogP) is 6.93. The molecule has 176 valence electrons. The number of benzene rings is 4. The lowest BCUT2D eigenvalue weighted by molar-refractivity contribution is 0.238. The van der Waals surface area contributed by atoms with E-state index in [0.717, 1.165) is 24.7 Å². The van der Waals surface area contributed by atoms with E-state index < -0.39 is 0 Å². The maximum absolute atomic E-state index is 6.06. The van der Waals surface area contributed by atoms with Gasteiger partial charge in [0.15, 0.2) is 0 Å². The van der Waals surface area contributed by atoms with E-state index in [1.807, 2.05) is 12.1 Å². The van der Waals surface area contributed by atoms with Crippen molar-refractivity contribution in [1.29, 1.82) is 0 Å². The largest absolute Gasteiger partial charge is 0.497 e. The molecule has 1 unspecified atom stereocenters. The van der Waals surface area contributed by atoms with Crippen LogP contribution in [0.2, 0.25) is 0 Å². The van der Waals surface area contributed by atoms with Crippen LogP contribution >= 0.6 is 12.4 Å². The molecule has 0 N–H and O–H groups in total. The van der Waals surface area contributed by atoms with Gasteiger partial charge in [-0.05, 0) is 77.7 Å². The van der Waals surface area contributed by atoms with Gasteiger partial charge in [-0.2, -0.15) is 0 Å². The van der Waals surface area contributed by atoms with Crippen molar-refractivity contribution < 1.29 is 9.47 Å². The van der Waals surface area contributed by atoms with E-state index in [-0.39, 0.29) is 18.3 Å². The predicted molar refractivity (Wildman–Crippen MR) is 143 cm³/mol. The smallest absolute Gasteiger partial charge is 0.119 e. The monoisotopic (exact) mass is 473 g/mol. The highest BCUT2D eigenvalue weighted by Crippen LogP contribution is 2.37. The fourth-order valence-corrected chi connectivity index (χ4v) is 4.91. The van der Waals surface area contributed by atoms with E-state index >= 15 is 0 Å². The van der Waals surface area contributed by atoms with Crippen LogP contribution in [-0.2, 0) is 0 Å². The first-order valence-corrected chi connectivity index (χ1v) is 11.9. The lowest BCUT2D eigenvalue weighted by Gasteiger charge is -2.21. The van der Waals surface area contributed by atoms with E-state index in [2.05, 4.69) is 83.8 Å². The first kappa shape index (κ1) is 24.1. The number of methoxy groups -OCH3 is 1. The maximum Gasteiger partial charge on any atom is 0.119 e. The second-order valence-electron chi connectivity index (χ2n) is 8.74. The van der Waals surface area contributed by atoms with Crippen molar-refractivity contribution in [3.05, 3.63) is 108 Å². The standard InChI is InChI=1S/C30H31NO2.ClH/c1-32-26-15-11-24(12-16-26)30(29-10-6-8-23-7-2-3-9-28(23)29)25-13-17-27(18-14-25)33-22-21-31-19-4-5-20-31;/h2-3,6-18,30H,4-5,19-22H2,1H3;1H. The second kappa shape index (κ2) is 11.4. The Kier molecular flexibility index (Phi) is 8.10. The van der Waals surface area contributed by atoms with Crippen LogP contribution in [0.3, 0.4) is 0 Å². The van der Waals surface area contributed by atoms with Crippen LogP contribution in [0.4, 0.5) is 0 Å². The minimum absolute atomic E-state index is 0. The van der Waals surface area contributed by atoms with Crippen LogP contribution in [0.5, 0.6) is 11.5 Å². The van der Waals surface area contributed by atoms with Crippen LogP contribution in [0.25, 0.3) is 10.8 Å². The molecule has 1 heterocycles. The molecule has 0 aromatic heterocycles. The first-order chi connectivity index (χ1) is 16.3. The Hall–Kier alpha value is -3.01. The third-order valence-electron chi connectivity index (χ3n) is 6.67. The van der Waals surface area contributed by atoms with Gasteiger partial charge in [-0.3, -0.25) is 4.90 Å². The quantitative estimate of drug-likeness (QED) is 0.259. The summed E-state index contributed by atoms with van der Waals surface area (Å²) in [4.78, 5) is 2.48. The number of halogens is 1. The van der Waals surface area contributed by atoms with Gasteiger partial charge in [0.1, 0.15) is 18.1 Å². The first-order valence-electron chi connectivity index (χ1n) is 11.9. The van der Waals surface area contributed by atoms with Crippen molar-refractivity contribution in [3.63, 3.8) is 0 Å². The minimum Gasteiger partial charge on any atom is -0.497 e. The van der Waals surface area contributed by atoms with Crippen molar-refractivity contribution >= 4 is 23.2 Å². The number of ether oxygens (including phenoxy) is 2. The second-order valence-corrected chi connectivity index (χ2v) is 8.74. The molecular formula is C30H32ClNO2. The average Bonchev–Trinajstić information content (AvgIpc) is 3.39. The zero-order valence-corrected chi connectivity index (χ0v) is 20.5. The van der Waals surface area contributed by atoms with Crippen LogP contribution in [-0.4, -0.2) is 38.3 Å². The molecular weight excluding hydrogens is 442 g/mol. The Labute approximate surface area is 208 Å². The van der Waals surface area contributed by atoms with Crippen LogP contribution in [0, 0.1) is 0 Å². The molecule has 1 atom stereocenters. The van der Waals surface area contributed by atoms with Gasteiger partial charge in [-0.25, -0.2) is 0 Å². The molecule has 5 rings (SSSR count). The van der Waals surface area contributed by atoms with Crippen molar-refractivity contribution in [2.45, 2.75) is 18.8 Å². The minimum atomic E-state index is 0. The summed E-state index contributed by atoms with van der Waals surface area (Å²) in [6, 6.07) is 32.3. The SMILES string of the molecule is COc1ccc(C(c2ccc(OCCN3CCCC3)cc2)c2cccc3ccccc23)cc1.Cl. The summed E-state index contributed by atoms with van der Waals surface area (Å²) in [7, 11) is 1.71. The Morgan fingerprint density at radius 3 is 2.03 bits per heavy atom. The average molecular weight is 474 g/mol. The van der Waals surface area contributed by atoms with E-state index in [1.54, 1.807) is 7.11 Å². The lowest BCUT2D eigenvalue weighted by Crippen LogP contribution is -2.25. The molecule has 0 radical (unpaired) electrons. The summed E-state index contributed by atoms with van der Waals surface area (Å²) >= 11 is 0. The molecule has 4 aromatic carbocycles. The molecule has 1 aliphatic rings. The fraction of sp³-hybridized carbons (Fsp3) is 0.267. The topological polar surface area (TPSA) is 21.7 Å². The van der Waals surface area contributed by atoms with Crippen LogP contribution in [0.1, 0.15) is 35.4 Å². The number of fused-ring (bicyclic) bond motifs is 1. The number of hydrogen-bond acceptors (Lipinski definition) is 3. The molecule has 1 fully saturated rings. The Morgan fingerprint density at radius 1 is 0.735 bits per heavy atom. The summed E-state index contributed by atoms with van der Waals surface area (Å²) in [5.74, 6) is 1.93. The summed E-state index contributed by atoms with van der Waals surface area (Å²) in [5, 5.41) is 2.54. The van der Waals surface area contributed by atoms with Gasteiger partial charge >= 0.3 is 0 Å². The molecule has 1 aliphatic heterocycles. The molecule has 0 aliphatic carbocycles. The number of hydrogen-bond donors (Lipinski definition) is 0. The molecule has 4 heteroatoms. The molecule has 0 spiro atoms. The lowest BCUT2D eigenvalue weighted by atomic mass is 9.83. The highest BCUT2D eigenvalue weighted by molar-refractivity contribution is 5.87. The van der Waals surface area contributed by atoms with Gasteiger partial charge in [0, 0.05) is 12.5 Å². The van der Waals surface area contributed by atoms with Gasteiger partial charge in [0.2, 0.25) is 0 Å². The fourth-order valence-electron chi connectivity index (χ4n) is 4.91. The summed E-state index contributed by atoms with van der Waals surface area (Å²) in [6.45, 7) is 4.16. The van der Waals surface area contributed by atoms with Gasteiger partial charge in [-0.1, -0.05) is 66.7 Å². The summed E-state index contributed by atoms with van der Waals surface area (Å²) < 4.78 is 11.5. The van der Waals surface area contributed by atoms with E-state index in [1.165, 1.54) is 53.4 Å². The third kappa shape index (κ3) is 5.38. The normalized spacial score (nSPS) is 14.5. The highest BCUT2D eigenvalue weighted by Gasteiger charge is 2.19. The Morgan fingerprint density at radius 2 is 1.35 bits per heavy atom. The highest BCUT2D eigenvalue weighted by atomic mass is 35.5. The van der Waals surface area contributed by atoms with Crippen LogP contribution in [0.15, 0.2) is 91.0 Å². The molecule has 3 nitrogen and oxygen atoms in total. The van der Waals surface area contributed by atoms with Crippen molar-refractivity contribution in [3.8, 4) is 11.5 Å². The van der Waals surface area contributed by atoms with Crippen molar-refractivity contribution in [2.75, 3.05) is 33.4 Å². The Balaban J connectivity index is 0.00000274. The zero-order valence-electron chi connectivity index (χ0n) is 19.7. The number of rotatable bonds is 8. The van der Waals surface area contributed by atoms with Crippen molar-refractivity contribution in [2.24, 2.45) is 0 Å². The maximum atomic E-state index is 6.06. The zero-order chi connectivity index (χ0) is 22.5.